The highest BCUT2D eigenvalue weighted by molar-refractivity contribution is 6.27. The third kappa shape index (κ3) is 7.54. The Kier molecular flexibility index (Phi) is 7.29. The fourth-order valence-corrected chi connectivity index (χ4v) is 1.53. The number of halogens is 1. The first-order chi connectivity index (χ1) is 8.17. The molecule has 0 aromatic rings. The van der Waals surface area contributed by atoms with Gasteiger partial charge in [-0.15, -0.1) is 11.6 Å². The van der Waals surface area contributed by atoms with Crippen LogP contribution in [0.15, 0.2) is 0 Å². The lowest BCUT2D eigenvalue weighted by molar-refractivity contribution is -0.116. The summed E-state index contributed by atoms with van der Waals surface area (Å²) in [5.41, 5.74) is -0.504. The summed E-state index contributed by atoms with van der Waals surface area (Å²) in [5, 5.41) is 0. The SMILES string of the molecule is CC(C)N(CCCC(=O)CCl)C(=O)OC(C)(C)C. The molecule has 0 atom stereocenters. The Bertz CT molecular complexity index is 284. The number of nitrogens with zero attached hydrogens (tertiary/aromatic N) is 1. The Labute approximate surface area is 115 Å². The van der Waals surface area contributed by atoms with Gasteiger partial charge < -0.3 is 9.64 Å². The van der Waals surface area contributed by atoms with E-state index in [0.717, 1.165) is 0 Å². The highest BCUT2D eigenvalue weighted by Crippen LogP contribution is 2.12. The van der Waals surface area contributed by atoms with Gasteiger partial charge in [0.2, 0.25) is 0 Å². The van der Waals surface area contributed by atoms with Gasteiger partial charge in [-0.2, -0.15) is 0 Å². The summed E-state index contributed by atoms with van der Waals surface area (Å²) in [6.07, 6.45) is 0.675. The molecule has 0 aliphatic heterocycles. The average Bonchev–Trinajstić information content (AvgIpc) is 2.20. The molecular formula is C13H24ClNO3. The molecule has 106 valence electrons. The zero-order chi connectivity index (χ0) is 14.3. The van der Waals surface area contributed by atoms with Crippen molar-refractivity contribution in [3.05, 3.63) is 0 Å². The zero-order valence-electron chi connectivity index (χ0n) is 12.0. The Hall–Kier alpha value is -0.770. The van der Waals surface area contributed by atoms with E-state index in [9.17, 15) is 9.59 Å². The number of ketones is 1. The molecule has 0 aromatic carbocycles. The molecule has 0 spiro atoms. The van der Waals surface area contributed by atoms with E-state index in [1.165, 1.54) is 0 Å². The number of hydrogen-bond acceptors (Lipinski definition) is 3. The standard InChI is InChI=1S/C13H24ClNO3/c1-10(2)15(8-6-7-11(16)9-14)12(17)18-13(3,4)5/h10H,6-9H2,1-5H3. The average molecular weight is 278 g/mol. The molecule has 0 saturated heterocycles. The van der Waals surface area contributed by atoms with Gasteiger partial charge in [-0.3, -0.25) is 4.79 Å². The number of alkyl halides is 1. The van der Waals surface area contributed by atoms with Crippen molar-refractivity contribution in [3.8, 4) is 0 Å². The number of Topliss-reactive ketones (excluding diaryl/α,β-unsaturated/α-hetero) is 1. The minimum absolute atomic E-state index is 0.00422. The molecule has 0 N–H and O–H groups in total. The van der Waals surface area contributed by atoms with Crippen molar-refractivity contribution in [2.75, 3.05) is 12.4 Å². The second kappa shape index (κ2) is 7.62. The fourth-order valence-electron chi connectivity index (χ4n) is 1.39. The molecule has 0 saturated carbocycles. The van der Waals surface area contributed by atoms with Crippen molar-refractivity contribution < 1.29 is 14.3 Å². The van der Waals surface area contributed by atoms with Crippen LogP contribution >= 0.6 is 11.6 Å². The Balaban J connectivity index is 4.31. The molecule has 0 aliphatic rings. The van der Waals surface area contributed by atoms with Gasteiger partial charge in [-0.1, -0.05) is 0 Å². The van der Waals surface area contributed by atoms with Crippen molar-refractivity contribution in [2.45, 2.75) is 59.1 Å². The summed E-state index contributed by atoms with van der Waals surface area (Å²) in [4.78, 5) is 24.7. The molecule has 0 radical (unpaired) electrons. The van der Waals surface area contributed by atoms with E-state index in [0.29, 0.717) is 19.4 Å². The highest BCUT2D eigenvalue weighted by Gasteiger charge is 2.23. The van der Waals surface area contributed by atoms with Gasteiger partial charge in [0, 0.05) is 19.0 Å². The van der Waals surface area contributed by atoms with E-state index in [-0.39, 0.29) is 23.8 Å². The molecule has 0 fully saturated rings. The van der Waals surface area contributed by atoms with Gasteiger partial charge in [0.15, 0.2) is 0 Å². The Morgan fingerprint density at radius 1 is 1.28 bits per heavy atom. The Morgan fingerprint density at radius 2 is 1.83 bits per heavy atom. The summed E-state index contributed by atoms with van der Waals surface area (Å²) in [6.45, 7) is 9.86. The molecule has 5 heteroatoms. The zero-order valence-corrected chi connectivity index (χ0v) is 12.7. The maximum atomic E-state index is 11.9. The predicted molar refractivity (Wildman–Crippen MR) is 73.0 cm³/mol. The second-order valence-corrected chi connectivity index (χ2v) is 5.81. The Morgan fingerprint density at radius 3 is 2.22 bits per heavy atom. The van der Waals surface area contributed by atoms with Crippen molar-refractivity contribution >= 4 is 23.5 Å². The van der Waals surface area contributed by atoms with Crippen LogP contribution in [-0.4, -0.2) is 40.8 Å². The molecule has 4 nitrogen and oxygen atoms in total. The van der Waals surface area contributed by atoms with Crippen molar-refractivity contribution in [3.63, 3.8) is 0 Å². The largest absolute Gasteiger partial charge is 0.444 e. The first-order valence-corrected chi connectivity index (χ1v) is 6.78. The minimum atomic E-state index is -0.504. The smallest absolute Gasteiger partial charge is 0.410 e. The number of carbonyl (C=O) groups is 2. The van der Waals surface area contributed by atoms with Crippen LogP contribution in [0, 0.1) is 0 Å². The fraction of sp³-hybridized carbons (Fsp3) is 0.846. The maximum Gasteiger partial charge on any atom is 0.410 e. The van der Waals surface area contributed by atoms with Crippen LogP contribution in [0.3, 0.4) is 0 Å². The number of carbonyl (C=O) groups excluding carboxylic acids is 2. The molecule has 0 aromatic heterocycles. The van der Waals surface area contributed by atoms with E-state index >= 15 is 0 Å². The first kappa shape index (κ1) is 17.2. The second-order valence-electron chi connectivity index (χ2n) is 5.54. The van der Waals surface area contributed by atoms with Gasteiger partial charge in [0.05, 0.1) is 5.88 Å². The molecule has 0 heterocycles. The van der Waals surface area contributed by atoms with Crippen LogP contribution in [0.25, 0.3) is 0 Å². The van der Waals surface area contributed by atoms with E-state index in [2.05, 4.69) is 0 Å². The third-order valence-corrected chi connectivity index (χ3v) is 2.55. The molecule has 1 amide bonds. The lowest BCUT2D eigenvalue weighted by atomic mass is 10.2. The minimum Gasteiger partial charge on any atom is -0.444 e. The first-order valence-electron chi connectivity index (χ1n) is 6.24. The van der Waals surface area contributed by atoms with Crippen molar-refractivity contribution in [2.24, 2.45) is 0 Å². The van der Waals surface area contributed by atoms with Crippen molar-refractivity contribution in [1.82, 2.24) is 4.90 Å². The molecule has 0 rings (SSSR count). The summed E-state index contributed by atoms with van der Waals surface area (Å²) in [7, 11) is 0. The number of rotatable bonds is 6. The van der Waals surface area contributed by atoms with Gasteiger partial charge in [0.1, 0.15) is 11.4 Å². The van der Waals surface area contributed by atoms with Crippen LogP contribution in [0.2, 0.25) is 0 Å². The monoisotopic (exact) mass is 277 g/mol. The molecule has 18 heavy (non-hydrogen) atoms. The molecular weight excluding hydrogens is 254 g/mol. The normalized spacial score (nSPS) is 11.5. The lowest BCUT2D eigenvalue weighted by Crippen LogP contribution is -2.41. The highest BCUT2D eigenvalue weighted by atomic mass is 35.5. The third-order valence-electron chi connectivity index (χ3n) is 2.26. The van der Waals surface area contributed by atoms with Crippen LogP contribution in [0.5, 0.6) is 0 Å². The summed E-state index contributed by atoms with van der Waals surface area (Å²) in [5.74, 6) is 0.0401. The summed E-state index contributed by atoms with van der Waals surface area (Å²) >= 11 is 5.42. The van der Waals surface area contributed by atoms with E-state index in [1.54, 1.807) is 4.90 Å². The van der Waals surface area contributed by atoms with Crippen LogP contribution in [-0.2, 0) is 9.53 Å². The quantitative estimate of drug-likeness (QED) is 0.700. The summed E-state index contributed by atoms with van der Waals surface area (Å²) < 4.78 is 5.32. The van der Waals surface area contributed by atoms with E-state index < -0.39 is 5.60 Å². The van der Waals surface area contributed by atoms with Gasteiger partial charge in [-0.25, -0.2) is 4.79 Å². The van der Waals surface area contributed by atoms with Gasteiger partial charge >= 0.3 is 6.09 Å². The van der Waals surface area contributed by atoms with Crippen LogP contribution < -0.4 is 0 Å². The molecule has 0 aliphatic carbocycles. The van der Waals surface area contributed by atoms with Crippen molar-refractivity contribution in [1.29, 1.82) is 0 Å². The molecule has 0 unspecified atom stereocenters. The lowest BCUT2D eigenvalue weighted by Gasteiger charge is -2.30. The number of ether oxygens (including phenoxy) is 1. The predicted octanol–water partition coefficient (Wildman–Crippen LogP) is 3.22. The van der Waals surface area contributed by atoms with Gasteiger partial charge in [-0.05, 0) is 41.0 Å². The van der Waals surface area contributed by atoms with E-state index in [1.807, 2.05) is 34.6 Å². The topological polar surface area (TPSA) is 46.6 Å². The van der Waals surface area contributed by atoms with E-state index in [4.69, 9.17) is 16.3 Å². The van der Waals surface area contributed by atoms with Crippen LogP contribution in [0.1, 0.15) is 47.5 Å². The van der Waals surface area contributed by atoms with Crippen LogP contribution in [0.4, 0.5) is 4.79 Å². The maximum absolute atomic E-state index is 11.9. The number of amides is 1. The molecule has 0 bridgehead atoms. The number of hydrogen-bond donors (Lipinski definition) is 0. The summed E-state index contributed by atoms with van der Waals surface area (Å²) in [6, 6.07) is 0.0472. The van der Waals surface area contributed by atoms with Gasteiger partial charge in [0.25, 0.3) is 0 Å².